The van der Waals surface area contributed by atoms with E-state index in [1.807, 2.05) is 18.2 Å². The van der Waals surface area contributed by atoms with E-state index in [0.717, 1.165) is 69.8 Å². The fraction of sp³-hybridized carbons (Fsp3) is 0.588. The number of aryl methyl sites for hydroxylation is 1. The van der Waals surface area contributed by atoms with E-state index in [9.17, 15) is 0 Å². The molecular formula is C17H28ClIN4O. The highest BCUT2D eigenvalue weighted by Gasteiger charge is 2.09. The van der Waals surface area contributed by atoms with Gasteiger partial charge in [-0.15, -0.1) is 24.0 Å². The smallest absolute Gasteiger partial charge is 0.191 e. The van der Waals surface area contributed by atoms with E-state index in [1.165, 1.54) is 5.56 Å². The van der Waals surface area contributed by atoms with Gasteiger partial charge in [-0.1, -0.05) is 29.8 Å². The number of aliphatic imine (C=N–C) groups is 1. The first-order valence-corrected chi connectivity index (χ1v) is 8.65. The van der Waals surface area contributed by atoms with Gasteiger partial charge in [0.15, 0.2) is 5.96 Å². The monoisotopic (exact) mass is 466 g/mol. The Morgan fingerprint density at radius 2 is 1.92 bits per heavy atom. The predicted molar refractivity (Wildman–Crippen MR) is 112 cm³/mol. The van der Waals surface area contributed by atoms with Crippen LogP contribution in [0.25, 0.3) is 0 Å². The van der Waals surface area contributed by atoms with Gasteiger partial charge in [-0.05, 0) is 24.5 Å². The summed E-state index contributed by atoms with van der Waals surface area (Å²) in [5.41, 5.74) is 1.20. The minimum absolute atomic E-state index is 0. The van der Waals surface area contributed by atoms with Crippen molar-refractivity contribution in [3.05, 3.63) is 34.9 Å². The second-order valence-corrected chi connectivity index (χ2v) is 5.98. The molecule has 5 nitrogen and oxygen atoms in total. The fourth-order valence-electron chi connectivity index (χ4n) is 2.56. The Balaban J connectivity index is 0.00000288. The number of nitrogens with one attached hydrogen (secondary N) is 2. The number of halogens is 2. The quantitative estimate of drug-likeness (QED) is 0.280. The SMILES string of the molecule is CN=C(NCCCc1ccccc1Cl)NCCN1CCOCC1.I. The van der Waals surface area contributed by atoms with Gasteiger partial charge in [-0.3, -0.25) is 9.89 Å². The maximum atomic E-state index is 6.17. The number of morpholine rings is 1. The van der Waals surface area contributed by atoms with Gasteiger partial charge in [0.2, 0.25) is 0 Å². The average Bonchev–Trinajstić information content (AvgIpc) is 2.59. The number of ether oxygens (including phenoxy) is 1. The largest absolute Gasteiger partial charge is 0.379 e. The summed E-state index contributed by atoms with van der Waals surface area (Å²) in [6.07, 6.45) is 1.99. The van der Waals surface area contributed by atoms with E-state index >= 15 is 0 Å². The number of nitrogens with zero attached hydrogens (tertiary/aromatic N) is 2. The number of hydrogen-bond acceptors (Lipinski definition) is 3. The summed E-state index contributed by atoms with van der Waals surface area (Å²) in [6, 6.07) is 8.01. The molecule has 1 aliphatic rings. The molecule has 2 rings (SSSR count). The normalized spacial score (nSPS) is 15.7. The van der Waals surface area contributed by atoms with Crippen LogP contribution < -0.4 is 10.6 Å². The van der Waals surface area contributed by atoms with Gasteiger partial charge in [0.25, 0.3) is 0 Å². The van der Waals surface area contributed by atoms with Gasteiger partial charge >= 0.3 is 0 Å². The minimum Gasteiger partial charge on any atom is -0.379 e. The highest BCUT2D eigenvalue weighted by Crippen LogP contribution is 2.16. The summed E-state index contributed by atoms with van der Waals surface area (Å²) < 4.78 is 5.35. The molecule has 0 unspecified atom stereocenters. The first-order chi connectivity index (χ1) is 11.3. The first kappa shape index (κ1) is 21.5. The zero-order valence-electron chi connectivity index (χ0n) is 14.3. The Labute approximate surface area is 167 Å². The number of rotatable bonds is 7. The van der Waals surface area contributed by atoms with E-state index in [2.05, 4.69) is 26.6 Å². The molecule has 0 amide bonds. The lowest BCUT2D eigenvalue weighted by atomic mass is 10.1. The molecule has 0 bridgehead atoms. The topological polar surface area (TPSA) is 48.9 Å². The predicted octanol–water partition coefficient (Wildman–Crippen LogP) is 2.39. The van der Waals surface area contributed by atoms with Crippen LogP contribution in [-0.2, 0) is 11.2 Å². The van der Waals surface area contributed by atoms with Crippen LogP contribution in [0.15, 0.2) is 29.3 Å². The summed E-state index contributed by atoms with van der Waals surface area (Å²) in [4.78, 5) is 6.66. The van der Waals surface area contributed by atoms with Gasteiger partial charge in [0.05, 0.1) is 13.2 Å². The molecule has 1 fully saturated rings. The van der Waals surface area contributed by atoms with Crippen molar-refractivity contribution in [1.29, 1.82) is 0 Å². The van der Waals surface area contributed by atoms with E-state index < -0.39 is 0 Å². The van der Waals surface area contributed by atoms with Crippen molar-refractivity contribution >= 4 is 41.5 Å². The van der Waals surface area contributed by atoms with Crippen LogP contribution in [0.1, 0.15) is 12.0 Å². The van der Waals surface area contributed by atoms with Crippen molar-refractivity contribution in [3.63, 3.8) is 0 Å². The molecule has 1 aliphatic heterocycles. The Bertz CT molecular complexity index is 495. The molecule has 2 N–H and O–H groups in total. The van der Waals surface area contributed by atoms with Crippen molar-refractivity contribution in [2.24, 2.45) is 4.99 Å². The van der Waals surface area contributed by atoms with Crippen molar-refractivity contribution in [3.8, 4) is 0 Å². The van der Waals surface area contributed by atoms with Gasteiger partial charge in [0, 0.05) is 44.8 Å². The molecule has 1 aromatic rings. The second-order valence-electron chi connectivity index (χ2n) is 5.57. The third kappa shape index (κ3) is 8.00. The highest BCUT2D eigenvalue weighted by molar-refractivity contribution is 14.0. The molecule has 1 saturated heterocycles. The van der Waals surface area contributed by atoms with Gasteiger partial charge in [-0.2, -0.15) is 0 Å². The fourth-order valence-corrected chi connectivity index (χ4v) is 2.79. The average molecular weight is 467 g/mol. The minimum atomic E-state index is 0. The Kier molecular flexibility index (Phi) is 11.4. The summed E-state index contributed by atoms with van der Waals surface area (Å²) in [5.74, 6) is 0.859. The summed E-state index contributed by atoms with van der Waals surface area (Å²) in [5, 5.41) is 7.55. The van der Waals surface area contributed by atoms with Gasteiger partial charge in [0.1, 0.15) is 0 Å². The summed E-state index contributed by atoms with van der Waals surface area (Å²) in [7, 11) is 1.80. The molecule has 7 heteroatoms. The first-order valence-electron chi connectivity index (χ1n) is 8.27. The van der Waals surface area contributed by atoms with Crippen molar-refractivity contribution in [2.75, 3.05) is 53.0 Å². The Morgan fingerprint density at radius 3 is 2.62 bits per heavy atom. The van der Waals surface area contributed by atoms with E-state index in [-0.39, 0.29) is 24.0 Å². The summed E-state index contributed by atoms with van der Waals surface area (Å²) in [6.45, 7) is 6.51. The van der Waals surface area contributed by atoms with Crippen LogP contribution in [0.2, 0.25) is 5.02 Å². The molecule has 0 aliphatic carbocycles. The van der Waals surface area contributed by atoms with Crippen LogP contribution in [0.3, 0.4) is 0 Å². The zero-order chi connectivity index (χ0) is 16.3. The third-order valence-corrected chi connectivity index (χ3v) is 4.29. The molecule has 136 valence electrons. The van der Waals surface area contributed by atoms with Crippen LogP contribution in [-0.4, -0.2) is 63.8 Å². The van der Waals surface area contributed by atoms with Gasteiger partial charge in [-0.25, -0.2) is 0 Å². The van der Waals surface area contributed by atoms with Crippen LogP contribution >= 0.6 is 35.6 Å². The van der Waals surface area contributed by atoms with Crippen LogP contribution in [0, 0.1) is 0 Å². The molecule has 0 saturated carbocycles. The molecule has 0 spiro atoms. The molecule has 1 heterocycles. The van der Waals surface area contributed by atoms with Crippen molar-refractivity contribution in [2.45, 2.75) is 12.8 Å². The number of benzene rings is 1. The molecule has 1 aromatic carbocycles. The zero-order valence-corrected chi connectivity index (χ0v) is 17.3. The van der Waals surface area contributed by atoms with E-state index in [0.29, 0.717) is 0 Å². The third-order valence-electron chi connectivity index (χ3n) is 3.92. The van der Waals surface area contributed by atoms with Crippen LogP contribution in [0.5, 0.6) is 0 Å². The van der Waals surface area contributed by atoms with Crippen LogP contribution in [0.4, 0.5) is 0 Å². The van der Waals surface area contributed by atoms with Crippen molar-refractivity contribution in [1.82, 2.24) is 15.5 Å². The number of guanidine groups is 1. The lowest BCUT2D eigenvalue weighted by molar-refractivity contribution is 0.0389. The molecular weight excluding hydrogens is 439 g/mol. The van der Waals surface area contributed by atoms with Gasteiger partial charge < -0.3 is 15.4 Å². The maximum Gasteiger partial charge on any atom is 0.191 e. The standard InChI is InChI=1S/C17H27ClN4O.HI/c1-19-17(21-9-10-22-11-13-23-14-12-22)20-8-4-6-15-5-2-3-7-16(15)18;/h2-3,5,7H,4,6,8-14H2,1H3,(H2,19,20,21);1H. The Morgan fingerprint density at radius 1 is 1.21 bits per heavy atom. The molecule has 0 aromatic heterocycles. The molecule has 0 radical (unpaired) electrons. The molecule has 0 atom stereocenters. The second kappa shape index (κ2) is 12.7. The van der Waals surface area contributed by atoms with E-state index in [1.54, 1.807) is 7.05 Å². The van der Waals surface area contributed by atoms with E-state index in [4.69, 9.17) is 16.3 Å². The van der Waals surface area contributed by atoms with Crippen molar-refractivity contribution < 1.29 is 4.74 Å². The maximum absolute atomic E-state index is 6.17. The molecule has 24 heavy (non-hydrogen) atoms. The highest BCUT2D eigenvalue weighted by atomic mass is 127. The lowest BCUT2D eigenvalue weighted by Crippen LogP contribution is -2.44. The number of hydrogen-bond donors (Lipinski definition) is 2. The lowest BCUT2D eigenvalue weighted by Gasteiger charge is -2.26. The Hall–Kier alpha value is -0.570. The summed E-state index contributed by atoms with van der Waals surface area (Å²) >= 11 is 6.17.